The quantitative estimate of drug-likeness (QED) is 0.832. The molecule has 7 heteroatoms. The standard InChI is InChI=1S/C17H22ClN5O/c1-12-17-21-20-16(11-24-15-7-14(18)8-19-9-15)23(17)6-5-22(12)10-13-3-2-4-13/h7-9,12-13H,2-6,10-11H2,1H3/t12-/m1/s1. The van der Waals surface area contributed by atoms with E-state index < -0.39 is 0 Å². The molecule has 1 atom stereocenters. The Labute approximate surface area is 146 Å². The van der Waals surface area contributed by atoms with Crippen LogP contribution in [0.3, 0.4) is 0 Å². The summed E-state index contributed by atoms with van der Waals surface area (Å²) in [5, 5.41) is 9.33. The molecule has 1 aliphatic carbocycles. The molecule has 0 saturated heterocycles. The molecule has 0 unspecified atom stereocenters. The third-order valence-electron chi connectivity index (χ3n) is 5.15. The second-order valence-electron chi connectivity index (χ2n) is 6.72. The molecule has 6 nitrogen and oxygen atoms in total. The smallest absolute Gasteiger partial charge is 0.171 e. The molecule has 24 heavy (non-hydrogen) atoms. The maximum atomic E-state index is 5.93. The minimum atomic E-state index is 0.313. The number of halogens is 1. The van der Waals surface area contributed by atoms with Crippen molar-refractivity contribution < 1.29 is 4.74 Å². The topological polar surface area (TPSA) is 56.1 Å². The second-order valence-corrected chi connectivity index (χ2v) is 7.16. The van der Waals surface area contributed by atoms with Crippen molar-refractivity contribution in [1.29, 1.82) is 0 Å². The number of nitrogens with zero attached hydrogens (tertiary/aromatic N) is 5. The van der Waals surface area contributed by atoms with E-state index in [1.54, 1.807) is 18.5 Å². The maximum Gasteiger partial charge on any atom is 0.171 e. The predicted molar refractivity (Wildman–Crippen MR) is 90.9 cm³/mol. The molecule has 0 amide bonds. The highest BCUT2D eigenvalue weighted by Crippen LogP contribution is 2.32. The van der Waals surface area contributed by atoms with Gasteiger partial charge >= 0.3 is 0 Å². The molecule has 0 aromatic carbocycles. The summed E-state index contributed by atoms with van der Waals surface area (Å²) in [4.78, 5) is 6.57. The second kappa shape index (κ2) is 6.69. The zero-order valence-electron chi connectivity index (χ0n) is 13.9. The van der Waals surface area contributed by atoms with Gasteiger partial charge in [0.15, 0.2) is 5.82 Å². The molecule has 128 valence electrons. The highest BCUT2D eigenvalue weighted by molar-refractivity contribution is 6.30. The first-order chi connectivity index (χ1) is 11.7. The van der Waals surface area contributed by atoms with Crippen molar-refractivity contribution in [2.75, 3.05) is 13.1 Å². The Balaban J connectivity index is 1.43. The van der Waals surface area contributed by atoms with E-state index in [0.717, 1.165) is 30.7 Å². The van der Waals surface area contributed by atoms with Crippen LogP contribution in [0.25, 0.3) is 0 Å². The molecule has 2 aliphatic rings. The lowest BCUT2D eigenvalue weighted by Crippen LogP contribution is -2.41. The third kappa shape index (κ3) is 3.13. The Bertz CT molecular complexity index is 715. The molecule has 4 rings (SSSR count). The molecule has 0 N–H and O–H groups in total. The van der Waals surface area contributed by atoms with E-state index in [2.05, 4.69) is 31.6 Å². The molecule has 2 aromatic rings. The number of aromatic nitrogens is 4. The van der Waals surface area contributed by atoms with Crippen molar-refractivity contribution in [2.45, 2.75) is 45.4 Å². The van der Waals surface area contributed by atoms with Crippen LogP contribution in [0.2, 0.25) is 5.02 Å². The molecular formula is C17H22ClN5O. The van der Waals surface area contributed by atoms with E-state index in [-0.39, 0.29) is 0 Å². The molecule has 1 saturated carbocycles. The van der Waals surface area contributed by atoms with Crippen molar-refractivity contribution >= 4 is 11.6 Å². The summed E-state index contributed by atoms with van der Waals surface area (Å²) in [6.45, 7) is 5.77. The van der Waals surface area contributed by atoms with Gasteiger partial charge in [-0.3, -0.25) is 9.88 Å². The summed E-state index contributed by atoms with van der Waals surface area (Å²) in [5.74, 6) is 3.43. The van der Waals surface area contributed by atoms with Crippen LogP contribution in [-0.4, -0.2) is 37.7 Å². The van der Waals surface area contributed by atoms with Crippen LogP contribution in [0.4, 0.5) is 0 Å². The summed E-state index contributed by atoms with van der Waals surface area (Å²) in [6, 6.07) is 2.07. The molecule has 0 radical (unpaired) electrons. The Morgan fingerprint density at radius 2 is 2.12 bits per heavy atom. The van der Waals surface area contributed by atoms with E-state index in [1.807, 2.05) is 0 Å². The van der Waals surface area contributed by atoms with Gasteiger partial charge in [0.25, 0.3) is 0 Å². The van der Waals surface area contributed by atoms with E-state index in [1.165, 1.54) is 25.8 Å². The normalized spacial score (nSPS) is 21.3. The van der Waals surface area contributed by atoms with Crippen molar-refractivity contribution in [2.24, 2.45) is 5.92 Å². The maximum absolute atomic E-state index is 5.93. The summed E-state index contributed by atoms with van der Waals surface area (Å²) >= 11 is 5.93. The first kappa shape index (κ1) is 15.8. The largest absolute Gasteiger partial charge is 0.484 e. The number of rotatable bonds is 5. The van der Waals surface area contributed by atoms with Crippen LogP contribution in [0.15, 0.2) is 18.5 Å². The van der Waals surface area contributed by atoms with Gasteiger partial charge in [0.1, 0.15) is 18.2 Å². The van der Waals surface area contributed by atoms with Crippen LogP contribution in [0, 0.1) is 5.92 Å². The van der Waals surface area contributed by atoms with Crippen molar-refractivity contribution in [1.82, 2.24) is 24.6 Å². The number of ether oxygens (including phenoxy) is 1. The fraction of sp³-hybridized carbons (Fsp3) is 0.588. The van der Waals surface area contributed by atoms with E-state index in [4.69, 9.17) is 16.3 Å². The first-order valence-corrected chi connectivity index (χ1v) is 8.98. The summed E-state index contributed by atoms with van der Waals surface area (Å²) in [6.07, 6.45) is 7.39. The van der Waals surface area contributed by atoms with E-state index >= 15 is 0 Å². The monoisotopic (exact) mass is 347 g/mol. The first-order valence-electron chi connectivity index (χ1n) is 8.60. The lowest BCUT2D eigenvalue weighted by atomic mass is 9.84. The molecule has 1 aliphatic heterocycles. The molecule has 1 fully saturated rings. The van der Waals surface area contributed by atoms with Crippen LogP contribution >= 0.6 is 11.6 Å². The molecular weight excluding hydrogens is 326 g/mol. The number of hydrogen-bond donors (Lipinski definition) is 0. The lowest BCUT2D eigenvalue weighted by molar-refractivity contribution is 0.110. The predicted octanol–water partition coefficient (Wildman–Crippen LogP) is 3.08. The summed E-state index contributed by atoms with van der Waals surface area (Å²) in [5.41, 5.74) is 0. The molecule has 0 spiro atoms. The van der Waals surface area contributed by atoms with E-state index in [0.29, 0.717) is 23.4 Å². The van der Waals surface area contributed by atoms with Gasteiger partial charge in [0.2, 0.25) is 0 Å². The lowest BCUT2D eigenvalue weighted by Gasteiger charge is -2.38. The average Bonchev–Trinajstić information content (AvgIpc) is 2.95. The van der Waals surface area contributed by atoms with Crippen molar-refractivity contribution in [3.63, 3.8) is 0 Å². The summed E-state index contributed by atoms with van der Waals surface area (Å²) < 4.78 is 7.96. The Hall–Kier alpha value is -1.66. The van der Waals surface area contributed by atoms with Gasteiger partial charge in [-0.05, 0) is 25.7 Å². The SMILES string of the molecule is C[C@@H]1c2nnc(COc3cncc(Cl)c3)n2CCN1CC1CCC1. The van der Waals surface area contributed by atoms with Gasteiger partial charge in [-0.15, -0.1) is 10.2 Å². The van der Waals surface area contributed by atoms with Gasteiger partial charge in [-0.25, -0.2) is 0 Å². The molecule has 3 heterocycles. The number of fused-ring (bicyclic) bond motifs is 1. The fourth-order valence-electron chi connectivity index (χ4n) is 3.47. The van der Waals surface area contributed by atoms with Crippen LogP contribution in [-0.2, 0) is 13.2 Å². The van der Waals surface area contributed by atoms with Gasteiger partial charge in [-0.2, -0.15) is 0 Å². The van der Waals surface area contributed by atoms with Crippen LogP contribution < -0.4 is 4.74 Å². The minimum Gasteiger partial charge on any atom is -0.484 e. The van der Waals surface area contributed by atoms with Crippen LogP contribution in [0.1, 0.15) is 43.9 Å². The zero-order valence-corrected chi connectivity index (χ0v) is 14.6. The van der Waals surface area contributed by atoms with E-state index in [9.17, 15) is 0 Å². The Morgan fingerprint density at radius 3 is 2.88 bits per heavy atom. The Morgan fingerprint density at radius 1 is 1.25 bits per heavy atom. The van der Waals surface area contributed by atoms with Gasteiger partial charge in [0.05, 0.1) is 17.3 Å². The number of hydrogen-bond acceptors (Lipinski definition) is 5. The average molecular weight is 348 g/mol. The zero-order chi connectivity index (χ0) is 16.5. The van der Waals surface area contributed by atoms with Gasteiger partial charge in [-0.1, -0.05) is 18.0 Å². The van der Waals surface area contributed by atoms with Crippen LogP contribution in [0.5, 0.6) is 5.75 Å². The summed E-state index contributed by atoms with van der Waals surface area (Å²) in [7, 11) is 0. The highest BCUT2D eigenvalue weighted by atomic mass is 35.5. The minimum absolute atomic E-state index is 0.313. The Kier molecular flexibility index (Phi) is 4.41. The van der Waals surface area contributed by atoms with Gasteiger partial charge < -0.3 is 9.30 Å². The van der Waals surface area contributed by atoms with Crippen molar-refractivity contribution in [3.05, 3.63) is 35.1 Å². The van der Waals surface area contributed by atoms with Crippen molar-refractivity contribution in [3.8, 4) is 5.75 Å². The molecule has 0 bridgehead atoms. The fourth-order valence-corrected chi connectivity index (χ4v) is 3.63. The third-order valence-corrected chi connectivity index (χ3v) is 5.36. The highest BCUT2D eigenvalue weighted by Gasteiger charge is 2.31. The molecule has 2 aromatic heterocycles. The van der Waals surface area contributed by atoms with Gasteiger partial charge in [0, 0.05) is 31.9 Å². The number of pyridine rings is 1.